The van der Waals surface area contributed by atoms with Gasteiger partial charge in [-0.05, 0) is 12.8 Å². The number of carbonyl (C=O) groups is 1. The van der Waals surface area contributed by atoms with E-state index >= 15 is 0 Å². The first-order valence-electron chi connectivity index (χ1n) is 4.32. The molecule has 0 aliphatic carbocycles. The molecule has 0 aromatic rings. The number of hydrogen-bond donors (Lipinski definition) is 4. The maximum Gasteiger partial charge on any atom is 0.327 e. The normalized spacial score (nSPS) is 12.2. The van der Waals surface area contributed by atoms with Crippen LogP contribution in [0.4, 0.5) is 0 Å². The molecule has 0 atom stereocenters. The minimum atomic E-state index is -1.03. The van der Waals surface area contributed by atoms with Crippen molar-refractivity contribution < 1.29 is 25.2 Å². The summed E-state index contributed by atoms with van der Waals surface area (Å²) in [6.45, 7) is -0.956. The van der Waals surface area contributed by atoms with E-state index in [9.17, 15) is 4.79 Å². The molecule has 82 valence electrons. The maximum atomic E-state index is 10.1. The summed E-state index contributed by atoms with van der Waals surface area (Å²) in [5.41, 5.74) is -0.914. The first kappa shape index (κ1) is 13.1. The van der Waals surface area contributed by atoms with Crippen LogP contribution in [0.3, 0.4) is 0 Å². The number of carboxylic acid groups (broad SMARTS) is 1. The number of allylic oxidation sites excluding steroid dienone is 1. The molecule has 0 rings (SSSR count). The predicted octanol–water partition coefficient (Wildman–Crippen LogP) is -0.629. The van der Waals surface area contributed by atoms with Crippen LogP contribution in [0, 0.1) is 5.41 Å². The first-order chi connectivity index (χ1) is 6.60. The molecule has 0 saturated carbocycles. The largest absolute Gasteiger partial charge is 0.478 e. The molecule has 0 radical (unpaired) electrons. The molecule has 0 heterocycles. The van der Waals surface area contributed by atoms with Crippen molar-refractivity contribution in [2.24, 2.45) is 5.41 Å². The highest BCUT2D eigenvalue weighted by Gasteiger charge is 2.26. The predicted molar refractivity (Wildman–Crippen MR) is 49.7 cm³/mol. The second-order valence-electron chi connectivity index (χ2n) is 3.25. The topological polar surface area (TPSA) is 98.0 Å². The highest BCUT2D eigenvalue weighted by molar-refractivity contribution is 5.79. The van der Waals surface area contributed by atoms with Gasteiger partial charge in [-0.3, -0.25) is 0 Å². The van der Waals surface area contributed by atoms with Gasteiger partial charge in [0, 0.05) is 11.5 Å². The summed E-state index contributed by atoms with van der Waals surface area (Å²) in [7, 11) is 0. The molecule has 0 aliphatic heterocycles. The van der Waals surface area contributed by atoms with Gasteiger partial charge >= 0.3 is 5.97 Å². The van der Waals surface area contributed by atoms with Crippen LogP contribution in [0.25, 0.3) is 0 Å². The van der Waals surface area contributed by atoms with Crippen molar-refractivity contribution in [1.29, 1.82) is 0 Å². The van der Waals surface area contributed by atoms with Gasteiger partial charge in [-0.2, -0.15) is 0 Å². The molecule has 0 saturated heterocycles. The van der Waals surface area contributed by atoms with E-state index < -0.39 is 11.4 Å². The zero-order valence-corrected chi connectivity index (χ0v) is 7.89. The van der Waals surface area contributed by atoms with E-state index in [1.165, 1.54) is 6.08 Å². The first-order valence-corrected chi connectivity index (χ1v) is 4.32. The molecule has 0 unspecified atom stereocenters. The molecule has 0 aromatic carbocycles. The van der Waals surface area contributed by atoms with Gasteiger partial charge in [-0.25, -0.2) is 4.79 Å². The van der Waals surface area contributed by atoms with E-state index in [2.05, 4.69) is 0 Å². The molecule has 0 bridgehead atoms. The van der Waals surface area contributed by atoms with Crippen molar-refractivity contribution in [1.82, 2.24) is 0 Å². The lowest BCUT2D eigenvalue weighted by molar-refractivity contribution is -0.131. The molecule has 5 nitrogen and oxygen atoms in total. The smallest absolute Gasteiger partial charge is 0.327 e. The quantitative estimate of drug-likeness (QED) is 0.414. The van der Waals surface area contributed by atoms with Gasteiger partial charge in [-0.1, -0.05) is 6.08 Å². The lowest BCUT2D eigenvalue weighted by Crippen LogP contribution is -2.33. The number of aliphatic carboxylic acids is 1. The SMILES string of the molecule is O=C(O)C=CCCC(CO)(CO)CO. The van der Waals surface area contributed by atoms with Gasteiger partial charge in [0.25, 0.3) is 0 Å². The molecule has 0 fully saturated rings. The zero-order chi connectivity index (χ0) is 11.0. The van der Waals surface area contributed by atoms with Crippen LogP contribution in [-0.4, -0.2) is 46.2 Å². The van der Waals surface area contributed by atoms with Gasteiger partial charge in [0.2, 0.25) is 0 Å². The van der Waals surface area contributed by atoms with E-state index in [4.69, 9.17) is 20.4 Å². The van der Waals surface area contributed by atoms with Crippen LogP contribution in [0.5, 0.6) is 0 Å². The summed E-state index contributed by atoms with van der Waals surface area (Å²) in [4.78, 5) is 10.1. The van der Waals surface area contributed by atoms with Crippen molar-refractivity contribution in [2.75, 3.05) is 19.8 Å². The number of carboxylic acids is 1. The van der Waals surface area contributed by atoms with Crippen molar-refractivity contribution in [3.8, 4) is 0 Å². The van der Waals surface area contributed by atoms with Gasteiger partial charge in [0.1, 0.15) is 0 Å². The third-order valence-corrected chi connectivity index (χ3v) is 2.11. The van der Waals surface area contributed by atoms with Gasteiger partial charge in [0.15, 0.2) is 0 Å². The van der Waals surface area contributed by atoms with E-state index in [1.807, 2.05) is 0 Å². The Morgan fingerprint density at radius 1 is 1.14 bits per heavy atom. The van der Waals surface area contributed by atoms with Crippen molar-refractivity contribution in [3.63, 3.8) is 0 Å². The zero-order valence-electron chi connectivity index (χ0n) is 7.89. The Bertz CT molecular complexity index is 187. The van der Waals surface area contributed by atoms with Gasteiger partial charge < -0.3 is 20.4 Å². The lowest BCUT2D eigenvalue weighted by atomic mass is 9.86. The van der Waals surface area contributed by atoms with E-state index in [0.29, 0.717) is 12.8 Å². The van der Waals surface area contributed by atoms with Gasteiger partial charge in [0.05, 0.1) is 19.8 Å². The highest BCUT2D eigenvalue weighted by atomic mass is 16.4. The standard InChI is InChI=1S/C9H16O5/c10-5-9(6-11,7-12)4-2-1-3-8(13)14/h1,3,10-12H,2,4-7H2,(H,13,14). The summed E-state index contributed by atoms with van der Waals surface area (Å²) in [6.07, 6.45) is 3.17. The highest BCUT2D eigenvalue weighted by Crippen LogP contribution is 2.21. The molecule has 0 spiro atoms. The Hall–Kier alpha value is -0.910. The number of aliphatic hydroxyl groups excluding tert-OH is 3. The summed E-state index contributed by atoms with van der Waals surface area (Å²) in [5, 5.41) is 35.1. The Kier molecular flexibility index (Phi) is 6.11. The average Bonchev–Trinajstić information content (AvgIpc) is 2.19. The summed E-state index contributed by atoms with van der Waals surface area (Å²) >= 11 is 0. The molecule has 0 aromatic heterocycles. The Morgan fingerprint density at radius 2 is 1.64 bits per heavy atom. The molecule has 0 amide bonds. The second kappa shape index (κ2) is 6.53. The molecule has 5 heteroatoms. The second-order valence-corrected chi connectivity index (χ2v) is 3.25. The molecular formula is C9H16O5. The third kappa shape index (κ3) is 4.36. The summed E-state index contributed by atoms with van der Waals surface area (Å²) in [5.74, 6) is -1.03. The fourth-order valence-electron chi connectivity index (χ4n) is 0.961. The minimum absolute atomic E-state index is 0.319. The average molecular weight is 204 g/mol. The third-order valence-electron chi connectivity index (χ3n) is 2.11. The monoisotopic (exact) mass is 204 g/mol. The molecule has 14 heavy (non-hydrogen) atoms. The van der Waals surface area contributed by atoms with Crippen LogP contribution in [0.15, 0.2) is 12.2 Å². The van der Waals surface area contributed by atoms with Crippen LogP contribution in [0.2, 0.25) is 0 Å². The van der Waals surface area contributed by atoms with Crippen molar-refractivity contribution >= 4 is 5.97 Å². The van der Waals surface area contributed by atoms with E-state index in [-0.39, 0.29) is 19.8 Å². The Labute approximate surface area is 82.3 Å². The molecular weight excluding hydrogens is 188 g/mol. The number of aliphatic hydroxyl groups is 3. The van der Waals surface area contributed by atoms with Crippen LogP contribution in [0.1, 0.15) is 12.8 Å². The van der Waals surface area contributed by atoms with E-state index in [1.54, 1.807) is 0 Å². The number of rotatable bonds is 7. The van der Waals surface area contributed by atoms with Gasteiger partial charge in [-0.15, -0.1) is 0 Å². The fraction of sp³-hybridized carbons (Fsp3) is 0.667. The van der Waals surface area contributed by atoms with E-state index in [0.717, 1.165) is 6.08 Å². The van der Waals surface area contributed by atoms with Crippen LogP contribution < -0.4 is 0 Å². The molecule has 4 N–H and O–H groups in total. The summed E-state index contributed by atoms with van der Waals surface area (Å²) < 4.78 is 0. The fourth-order valence-corrected chi connectivity index (χ4v) is 0.961. The Balaban J connectivity index is 4.00. The summed E-state index contributed by atoms with van der Waals surface area (Å²) in [6, 6.07) is 0. The molecule has 0 aliphatic rings. The maximum absolute atomic E-state index is 10.1. The Morgan fingerprint density at radius 3 is 2.00 bits per heavy atom. The van der Waals surface area contributed by atoms with Crippen molar-refractivity contribution in [3.05, 3.63) is 12.2 Å². The van der Waals surface area contributed by atoms with Crippen LogP contribution >= 0.6 is 0 Å². The van der Waals surface area contributed by atoms with Crippen molar-refractivity contribution in [2.45, 2.75) is 12.8 Å². The number of hydrogen-bond acceptors (Lipinski definition) is 4. The van der Waals surface area contributed by atoms with Crippen LogP contribution in [-0.2, 0) is 4.79 Å². The minimum Gasteiger partial charge on any atom is -0.478 e. The lowest BCUT2D eigenvalue weighted by Gasteiger charge is -2.26.